The van der Waals surface area contributed by atoms with E-state index in [4.69, 9.17) is 9.47 Å². The van der Waals surface area contributed by atoms with Gasteiger partial charge in [0.25, 0.3) is 5.91 Å². The van der Waals surface area contributed by atoms with E-state index in [1.54, 1.807) is 7.05 Å². The molecule has 0 spiro atoms. The van der Waals surface area contributed by atoms with E-state index in [1.807, 2.05) is 6.92 Å². The molecule has 0 atom stereocenters. The van der Waals surface area contributed by atoms with Gasteiger partial charge in [0.2, 0.25) is 6.79 Å². The van der Waals surface area contributed by atoms with E-state index in [-0.39, 0.29) is 24.0 Å². The van der Waals surface area contributed by atoms with Crippen molar-refractivity contribution in [2.45, 2.75) is 6.92 Å². The lowest BCUT2D eigenvalue weighted by Crippen LogP contribution is -2.26. The number of nitrogens with zero attached hydrogens (tertiary/aromatic N) is 1. The highest BCUT2D eigenvalue weighted by Gasteiger charge is 2.22. The molecular formula is C11H13NO4. The lowest BCUT2D eigenvalue weighted by atomic mass is 10.1. The van der Waals surface area contributed by atoms with Crippen LogP contribution >= 0.6 is 0 Å². The van der Waals surface area contributed by atoms with Gasteiger partial charge in [-0.25, -0.2) is 0 Å². The predicted molar refractivity (Wildman–Crippen MR) is 56.9 cm³/mol. The molecule has 0 fully saturated rings. The van der Waals surface area contributed by atoms with Crippen molar-refractivity contribution in [3.8, 4) is 17.2 Å². The topological polar surface area (TPSA) is 59.0 Å². The van der Waals surface area contributed by atoms with Crippen molar-refractivity contribution in [3.63, 3.8) is 0 Å². The smallest absolute Gasteiger partial charge is 0.257 e. The third-order valence-electron chi connectivity index (χ3n) is 2.54. The Hall–Kier alpha value is -1.91. The summed E-state index contributed by atoms with van der Waals surface area (Å²) >= 11 is 0. The molecular weight excluding hydrogens is 210 g/mol. The lowest BCUT2D eigenvalue weighted by Gasteiger charge is -2.15. The molecule has 0 saturated carbocycles. The molecule has 1 N–H and O–H groups in total. The molecule has 0 aromatic heterocycles. The molecule has 0 bridgehead atoms. The Morgan fingerprint density at radius 1 is 1.44 bits per heavy atom. The predicted octanol–water partition coefficient (Wildman–Crippen LogP) is 1.21. The Kier molecular flexibility index (Phi) is 2.60. The Morgan fingerprint density at radius 2 is 2.06 bits per heavy atom. The minimum Gasteiger partial charge on any atom is -0.507 e. The average molecular weight is 223 g/mol. The number of phenols is 1. The number of ether oxygens (including phenoxy) is 2. The van der Waals surface area contributed by atoms with Gasteiger partial charge in [-0.15, -0.1) is 0 Å². The van der Waals surface area contributed by atoms with Crippen molar-refractivity contribution in [2.75, 3.05) is 20.4 Å². The van der Waals surface area contributed by atoms with Crippen LogP contribution in [0.4, 0.5) is 0 Å². The van der Waals surface area contributed by atoms with Crippen molar-refractivity contribution in [1.82, 2.24) is 4.90 Å². The van der Waals surface area contributed by atoms with E-state index in [1.165, 1.54) is 17.0 Å². The summed E-state index contributed by atoms with van der Waals surface area (Å²) in [5, 5.41) is 9.71. The Morgan fingerprint density at radius 3 is 2.69 bits per heavy atom. The fourth-order valence-corrected chi connectivity index (χ4v) is 1.45. The van der Waals surface area contributed by atoms with Gasteiger partial charge in [-0.1, -0.05) is 0 Å². The molecule has 1 heterocycles. The number of rotatable bonds is 2. The van der Waals surface area contributed by atoms with Crippen molar-refractivity contribution < 1.29 is 19.4 Å². The van der Waals surface area contributed by atoms with Crippen LogP contribution in [0.1, 0.15) is 17.3 Å². The van der Waals surface area contributed by atoms with Gasteiger partial charge in [0.05, 0.1) is 5.56 Å². The molecule has 2 rings (SSSR count). The van der Waals surface area contributed by atoms with E-state index in [2.05, 4.69) is 0 Å². The largest absolute Gasteiger partial charge is 0.507 e. The van der Waals surface area contributed by atoms with Gasteiger partial charge in [-0.05, 0) is 6.92 Å². The number of carbonyl (C=O) groups excluding carboxylic acids is 1. The van der Waals surface area contributed by atoms with E-state index in [0.29, 0.717) is 18.0 Å². The first-order valence-corrected chi connectivity index (χ1v) is 5.01. The molecule has 86 valence electrons. The summed E-state index contributed by atoms with van der Waals surface area (Å²) in [4.78, 5) is 13.4. The minimum absolute atomic E-state index is 0.0884. The zero-order valence-corrected chi connectivity index (χ0v) is 9.19. The van der Waals surface area contributed by atoms with Crippen LogP contribution in [-0.4, -0.2) is 36.3 Å². The zero-order chi connectivity index (χ0) is 11.7. The van der Waals surface area contributed by atoms with Gasteiger partial charge >= 0.3 is 0 Å². The summed E-state index contributed by atoms with van der Waals surface area (Å²) in [7, 11) is 1.67. The van der Waals surface area contributed by atoms with Crippen LogP contribution in [0.15, 0.2) is 12.1 Å². The van der Waals surface area contributed by atoms with E-state index in [0.717, 1.165) is 0 Å². The molecule has 1 aliphatic rings. The molecule has 0 aliphatic carbocycles. The highest BCUT2D eigenvalue weighted by Crippen LogP contribution is 2.37. The Labute approximate surface area is 93.2 Å². The molecule has 5 nitrogen and oxygen atoms in total. The number of hydrogen-bond donors (Lipinski definition) is 1. The summed E-state index contributed by atoms with van der Waals surface area (Å²) in [5.41, 5.74) is 0.230. The highest BCUT2D eigenvalue weighted by molar-refractivity contribution is 5.97. The third kappa shape index (κ3) is 1.64. The van der Waals surface area contributed by atoms with Crippen molar-refractivity contribution in [1.29, 1.82) is 0 Å². The summed E-state index contributed by atoms with van der Waals surface area (Å²) in [5.74, 6) is 0.631. The number of aromatic hydroxyl groups is 1. The maximum absolute atomic E-state index is 11.9. The normalized spacial score (nSPS) is 12.6. The minimum atomic E-state index is -0.238. The molecule has 5 heteroatoms. The quantitative estimate of drug-likeness (QED) is 0.818. The number of amides is 1. The summed E-state index contributed by atoms with van der Waals surface area (Å²) in [6.45, 7) is 2.56. The molecule has 16 heavy (non-hydrogen) atoms. The second kappa shape index (κ2) is 3.92. The van der Waals surface area contributed by atoms with E-state index >= 15 is 0 Å². The maximum atomic E-state index is 11.9. The van der Waals surface area contributed by atoms with Crippen molar-refractivity contribution in [2.24, 2.45) is 0 Å². The highest BCUT2D eigenvalue weighted by atomic mass is 16.7. The number of benzene rings is 1. The zero-order valence-electron chi connectivity index (χ0n) is 9.19. The molecule has 0 unspecified atom stereocenters. The van der Waals surface area contributed by atoms with Crippen LogP contribution in [0.25, 0.3) is 0 Å². The molecule has 1 aliphatic heterocycles. The van der Waals surface area contributed by atoms with Crippen molar-refractivity contribution in [3.05, 3.63) is 17.7 Å². The maximum Gasteiger partial charge on any atom is 0.257 e. The number of fused-ring (bicyclic) bond motifs is 1. The first kappa shape index (κ1) is 10.6. The fraction of sp³-hybridized carbons (Fsp3) is 0.364. The summed E-state index contributed by atoms with van der Waals surface area (Å²) in [6, 6.07) is 2.91. The molecule has 1 aromatic rings. The number of hydrogen-bond acceptors (Lipinski definition) is 4. The van der Waals surface area contributed by atoms with Gasteiger partial charge < -0.3 is 19.5 Å². The third-order valence-corrected chi connectivity index (χ3v) is 2.54. The monoisotopic (exact) mass is 223 g/mol. The SMILES string of the molecule is CCN(C)C(=O)c1cc2c(cc1O)OCO2. The van der Waals surface area contributed by atoms with Crippen LogP contribution in [0.2, 0.25) is 0 Å². The van der Waals surface area contributed by atoms with Gasteiger partial charge in [-0.2, -0.15) is 0 Å². The first-order chi connectivity index (χ1) is 7.63. The summed E-state index contributed by atoms with van der Waals surface area (Å²) < 4.78 is 10.2. The number of carbonyl (C=O) groups is 1. The number of phenolic OH excluding ortho intramolecular Hbond substituents is 1. The standard InChI is InChI=1S/C11H13NO4/c1-3-12(2)11(14)7-4-9-10(5-8(7)13)16-6-15-9/h4-5,13H,3,6H2,1-2H3. The van der Waals surface area contributed by atoms with E-state index < -0.39 is 0 Å². The lowest BCUT2D eigenvalue weighted by molar-refractivity contribution is 0.0799. The second-order valence-corrected chi connectivity index (χ2v) is 3.54. The van der Waals surface area contributed by atoms with Gasteiger partial charge in [0.1, 0.15) is 5.75 Å². The van der Waals surface area contributed by atoms with Gasteiger partial charge in [0, 0.05) is 25.7 Å². The molecule has 0 saturated heterocycles. The van der Waals surface area contributed by atoms with Crippen molar-refractivity contribution >= 4 is 5.91 Å². The molecule has 1 aromatic carbocycles. The second-order valence-electron chi connectivity index (χ2n) is 3.54. The van der Waals surface area contributed by atoms with Crippen LogP contribution in [0, 0.1) is 0 Å². The molecule has 0 radical (unpaired) electrons. The van der Waals surface area contributed by atoms with Crippen LogP contribution < -0.4 is 9.47 Å². The van der Waals surface area contributed by atoms with Crippen LogP contribution in [-0.2, 0) is 0 Å². The summed E-state index contributed by atoms with van der Waals surface area (Å²) in [6.07, 6.45) is 0. The van der Waals surface area contributed by atoms with Gasteiger partial charge in [-0.3, -0.25) is 4.79 Å². The van der Waals surface area contributed by atoms with E-state index in [9.17, 15) is 9.90 Å². The average Bonchev–Trinajstić information content (AvgIpc) is 2.72. The van der Waals surface area contributed by atoms with Crippen LogP contribution in [0.5, 0.6) is 17.2 Å². The fourth-order valence-electron chi connectivity index (χ4n) is 1.45. The Bertz CT molecular complexity index is 430. The van der Waals surface area contributed by atoms with Gasteiger partial charge in [0.15, 0.2) is 11.5 Å². The Balaban J connectivity index is 2.38. The first-order valence-electron chi connectivity index (χ1n) is 5.01. The molecule has 1 amide bonds. The van der Waals surface area contributed by atoms with Crippen LogP contribution in [0.3, 0.4) is 0 Å².